The Morgan fingerprint density at radius 3 is 1.70 bits per heavy atom. The van der Waals surface area contributed by atoms with Gasteiger partial charge in [0.15, 0.2) is 0 Å². The van der Waals surface area contributed by atoms with E-state index in [9.17, 15) is 0 Å². The molecular weight excluding hydrogens is 482 g/mol. The van der Waals surface area contributed by atoms with Crippen molar-refractivity contribution in [1.29, 1.82) is 0 Å². The lowest BCUT2D eigenvalue weighted by molar-refractivity contribution is 0.332. The molecule has 0 radical (unpaired) electrons. The smallest absolute Gasteiger partial charge is 0.0714 e. The average molecular weight is 520 g/mol. The first-order chi connectivity index (χ1) is 19.2. The quantitative estimate of drug-likeness (QED) is 0.231. The molecule has 198 valence electrons. The molecule has 1 nitrogen and oxygen atoms in total. The van der Waals surface area contributed by atoms with E-state index >= 15 is 0 Å². The van der Waals surface area contributed by atoms with Crippen LogP contribution in [0.1, 0.15) is 73.9 Å². The summed E-state index contributed by atoms with van der Waals surface area (Å²) < 4.78 is 0. The van der Waals surface area contributed by atoms with Gasteiger partial charge in [-0.1, -0.05) is 131 Å². The molecule has 40 heavy (non-hydrogen) atoms. The lowest BCUT2D eigenvalue weighted by atomic mass is 9.63. The van der Waals surface area contributed by atoms with Gasteiger partial charge in [0.2, 0.25) is 0 Å². The van der Waals surface area contributed by atoms with Crippen molar-refractivity contribution in [3.63, 3.8) is 0 Å². The Labute approximate surface area is 238 Å². The first kappa shape index (κ1) is 24.9. The summed E-state index contributed by atoms with van der Waals surface area (Å²) in [4.78, 5) is 0. The van der Waals surface area contributed by atoms with Crippen molar-refractivity contribution in [2.75, 3.05) is 5.73 Å². The number of fused-ring (bicyclic) bond motifs is 4. The van der Waals surface area contributed by atoms with Crippen LogP contribution in [0, 0.1) is 0 Å². The van der Waals surface area contributed by atoms with Gasteiger partial charge in [0.25, 0.3) is 0 Å². The predicted molar refractivity (Wildman–Crippen MR) is 169 cm³/mol. The number of hydrogen-bond donors (Lipinski definition) is 1. The maximum Gasteiger partial charge on any atom is 0.0714 e. The number of nitrogen functional groups attached to an aromatic ring is 1. The Morgan fingerprint density at radius 2 is 1.05 bits per heavy atom. The maximum atomic E-state index is 7.03. The van der Waals surface area contributed by atoms with Crippen LogP contribution in [0.3, 0.4) is 0 Å². The van der Waals surface area contributed by atoms with Crippen LogP contribution >= 0.6 is 0 Å². The second-order valence-electron chi connectivity index (χ2n) is 13.0. The molecule has 0 bridgehead atoms. The monoisotopic (exact) mass is 519 g/mol. The van der Waals surface area contributed by atoms with Crippen molar-refractivity contribution in [2.24, 2.45) is 0 Å². The second-order valence-corrected chi connectivity index (χ2v) is 13.0. The van der Waals surface area contributed by atoms with E-state index in [1.807, 2.05) is 0 Å². The highest BCUT2D eigenvalue weighted by Gasteiger charge is 2.46. The van der Waals surface area contributed by atoms with Gasteiger partial charge in [-0.2, -0.15) is 0 Å². The van der Waals surface area contributed by atoms with E-state index in [1.54, 1.807) is 0 Å². The van der Waals surface area contributed by atoms with Crippen LogP contribution in [0.4, 0.5) is 5.69 Å². The van der Waals surface area contributed by atoms with Gasteiger partial charge in [-0.3, -0.25) is 0 Å². The van der Waals surface area contributed by atoms with E-state index in [2.05, 4.69) is 143 Å². The zero-order chi connectivity index (χ0) is 27.7. The Morgan fingerprint density at radius 1 is 0.475 bits per heavy atom. The minimum absolute atomic E-state index is 0.148. The fourth-order valence-electron chi connectivity index (χ4n) is 7.51. The summed E-state index contributed by atoms with van der Waals surface area (Å²) in [7, 11) is 0. The minimum atomic E-state index is -0.428. The Hall–Kier alpha value is -4.10. The normalized spacial score (nSPS) is 17.5. The van der Waals surface area contributed by atoms with E-state index in [0.717, 1.165) is 11.3 Å². The average Bonchev–Trinajstić information content (AvgIpc) is 3.26. The molecule has 5 aromatic rings. The van der Waals surface area contributed by atoms with Crippen molar-refractivity contribution >= 4 is 5.69 Å². The summed E-state index contributed by atoms with van der Waals surface area (Å²) in [6, 6.07) is 42.4. The molecule has 0 spiro atoms. The third-order valence-corrected chi connectivity index (χ3v) is 9.79. The highest BCUT2D eigenvalue weighted by atomic mass is 14.6. The number of benzene rings is 5. The van der Waals surface area contributed by atoms with Gasteiger partial charge in [0.1, 0.15) is 0 Å². The fourth-order valence-corrected chi connectivity index (χ4v) is 7.51. The molecule has 0 atom stereocenters. The predicted octanol–water partition coefficient (Wildman–Crippen LogP) is 9.65. The molecule has 0 fully saturated rings. The van der Waals surface area contributed by atoms with Gasteiger partial charge in [-0.25, -0.2) is 0 Å². The van der Waals surface area contributed by atoms with Crippen LogP contribution in [-0.4, -0.2) is 0 Å². The lowest BCUT2D eigenvalue weighted by Gasteiger charge is -2.42. The summed E-state index contributed by atoms with van der Waals surface area (Å²) in [5.41, 5.74) is 20.7. The van der Waals surface area contributed by atoms with Crippen molar-refractivity contribution < 1.29 is 0 Å². The zero-order valence-corrected chi connectivity index (χ0v) is 24.0. The molecule has 2 aliphatic rings. The molecule has 0 heterocycles. The van der Waals surface area contributed by atoms with Crippen LogP contribution in [-0.2, 0) is 16.2 Å². The first-order valence-corrected chi connectivity index (χ1v) is 14.5. The lowest BCUT2D eigenvalue weighted by Crippen LogP contribution is -2.33. The summed E-state index contributed by atoms with van der Waals surface area (Å²) in [5.74, 6) is 0. The molecule has 5 aromatic carbocycles. The molecule has 0 amide bonds. The highest BCUT2D eigenvalue weighted by molar-refractivity contribution is 5.92. The Kier molecular flexibility index (Phi) is 5.42. The number of nitrogens with two attached hydrogens (primary N) is 1. The molecule has 0 saturated heterocycles. The summed E-state index contributed by atoms with van der Waals surface area (Å²) in [6.07, 6.45) is 2.41. The number of hydrogen-bond acceptors (Lipinski definition) is 1. The SMILES string of the molecule is CC1(C)CCC(C)(C)c2cc(-c3cc4c(cc3N)C(c3ccccc3)(c3ccccc3)c3ccccc3-4)ccc21. The number of rotatable bonds is 3. The van der Waals surface area contributed by atoms with Crippen LogP contribution in [0.2, 0.25) is 0 Å². The molecule has 7 rings (SSSR count). The van der Waals surface area contributed by atoms with Gasteiger partial charge in [0.05, 0.1) is 5.41 Å². The van der Waals surface area contributed by atoms with Crippen LogP contribution in [0.15, 0.2) is 115 Å². The van der Waals surface area contributed by atoms with Gasteiger partial charge in [-0.15, -0.1) is 0 Å². The van der Waals surface area contributed by atoms with Gasteiger partial charge < -0.3 is 5.73 Å². The molecule has 0 unspecified atom stereocenters. The largest absolute Gasteiger partial charge is 0.398 e. The van der Waals surface area contributed by atoms with Gasteiger partial charge in [0, 0.05) is 11.3 Å². The third kappa shape index (κ3) is 3.47. The van der Waals surface area contributed by atoms with Crippen molar-refractivity contribution in [3.8, 4) is 22.3 Å². The van der Waals surface area contributed by atoms with E-state index in [-0.39, 0.29) is 10.8 Å². The van der Waals surface area contributed by atoms with E-state index < -0.39 is 5.41 Å². The molecular formula is C39H37N. The molecule has 2 N–H and O–H groups in total. The van der Waals surface area contributed by atoms with Crippen molar-refractivity contribution in [3.05, 3.63) is 149 Å². The van der Waals surface area contributed by atoms with E-state index in [4.69, 9.17) is 5.73 Å². The Bertz CT molecular complexity index is 1700. The van der Waals surface area contributed by atoms with E-state index in [1.165, 1.54) is 62.9 Å². The first-order valence-electron chi connectivity index (χ1n) is 14.5. The maximum absolute atomic E-state index is 7.03. The van der Waals surface area contributed by atoms with Crippen LogP contribution < -0.4 is 5.73 Å². The fraction of sp³-hybridized carbons (Fsp3) is 0.231. The zero-order valence-electron chi connectivity index (χ0n) is 24.0. The summed E-state index contributed by atoms with van der Waals surface area (Å²) in [5, 5.41) is 0. The van der Waals surface area contributed by atoms with E-state index in [0.29, 0.717) is 0 Å². The van der Waals surface area contributed by atoms with Crippen LogP contribution in [0.25, 0.3) is 22.3 Å². The number of anilines is 1. The third-order valence-electron chi connectivity index (χ3n) is 9.79. The van der Waals surface area contributed by atoms with Gasteiger partial charge >= 0.3 is 0 Å². The molecule has 0 saturated carbocycles. The standard InChI is InChI=1S/C39H37N/c1-37(2)21-22-38(3,4)35-23-26(19-20-33(35)37)30-24-31-29-17-11-12-18-32(29)39(34(31)25-36(30)40,27-13-7-5-8-14-27)28-15-9-6-10-16-28/h5-20,23-25H,21-22,40H2,1-4H3. The topological polar surface area (TPSA) is 26.0 Å². The molecule has 0 aliphatic heterocycles. The van der Waals surface area contributed by atoms with Crippen molar-refractivity contribution in [1.82, 2.24) is 0 Å². The molecule has 1 heteroatoms. The molecule has 0 aromatic heterocycles. The molecule has 2 aliphatic carbocycles. The van der Waals surface area contributed by atoms with Gasteiger partial charge in [-0.05, 0) is 85.9 Å². The van der Waals surface area contributed by atoms with Crippen molar-refractivity contribution in [2.45, 2.75) is 56.8 Å². The van der Waals surface area contributed by atoms with Crippen LogP contribution in [0.5, 0.6) is 0 Å². The Balaban J connectivity index is 1.51. The second kappa shape index (κ2) is 8.70. The summed E-state index contributed by atoms with van der Waals surface area (Å²) >= 11 is 0. The summed E-state index contributed by atoms with van der Waals surface area (Å²) in [6.45, 7) is 9.55. The highest BCUT2D eigenvalue weighted by Crippen LogP contribution is 2.57. The minimum Gasteiger partial charge on any atom is -0.398 e.